The maximum absolute atomic E-state index is 4.94. The lowest BCUT2D eigenvalue weighted by Gasteiger charge is -2.24. The molecule has 4 heteroatoms. The Labute approximate surface area is 296 Å². The summed E-state index contributed by atoms with van der Waals surface area (Å²) in [5.41, 5.74) is 10.1. The summed E-state index contributed by atoms with van der Waals surface area (Å²) >= 11 is 0. The lowest BCUT2D eigenvalue weighted by atomic mass is 9.78. The first-order chi connectivity index (χ1) is 25.0. The summed E-state index contributed by atoms with van der Waals surface area (Å²) in [4.78, 5) is 19.5. The van der Waals surface area contributed by atoms with Gasteiger partial charge in [0.25, 0.3) is 0 Å². The Morgan fingerprint density at radius 1 is 0.451 bits per heavy atom. The third-order valence-electron chi connectivity index (χ3n) is 10.5. The second kappa shape index (κ2) is 11.3. The molecule has 0 unspecified atom stereocenters. The van der Waals surface area contributed by atoms with Crippen molar-refractivity contribution in [3.63, 3.8) is 0 Å². The van der Waals surface area contributed by atoms with Gasteiger partial charge in [0.15, 0.2) is 17.5 Å². The van der Waals surface area contributed by atoms with Crippen molar-refractivity contribution >= 4 is 32.3 Å². The van der Waals surface area contributed by atoms with Crippen LogP contribution in [0.2, 0.25) is 0 Å². The highest BCUT2D eigenvalue weighted by molar-refractivity contribution is 6.26. The molecule has 0 atom stereocenters. The van der Waals surface area contributed by atoms with E-state index >= 15 is 0 Å². The van der Waals surface area contributed by atoms with Crippen LogP contribution in [0.15, 0.2) is 158 Å². The fraction of sp³-hybridized carbons (Fsp3) is 0.0638. The van der Waals surface area contributed by atoms with Gasteiger partial charge in [-0.05, 0) is 72.8 Å². The maximum atomic E-state index is 4.94. The minimum Gasteiger partial charge on any atom is -0.255 e. The predicted molar refractivity (Wildman–Crippen MR) is 209 cm³/mol. The Morgan fingerprint density at radius 2 is 1.04 bits per heavy atom. The van der Waals surface area contributed by atoms with E-state index in [-0.39, 0.29) is 5.41 Å². The van der Waals surface area contributed by atoms with E-state index in [4.69, 9.17) is 19.9 Å². The van der Waals surface area contributed by atoms with Crippen molar-refractivity contribution in [2.75, 3.05) is 0 Å². The van der Waals surface area contributed by atoms with Crippen LogP contribution in [0.5, 0.6) is 0 Å². The van der Waals surface area contributed by atoms with Gasteiger partial charge in [0, 0.05) is 33.9 Å². The van der Waals surface area contributed by atoms with Crippen LogP contribution in [0.25, 0.3) is 88.9 Å². The predicted octanol–water partition coefficient (Wildman–Crippen LogP) is 11.7. The lowest BCUT2D eigenvalue weighted by molar-refractivity contribution is 0.666. The average Bonchev–Trinajstić information content (AvgIpc) is 3.44. The molecule has 0 fully saturated rings. The van der Waals surface area contributed by atoms with Crippen LogP contribution in [0.3, 0.4) is 0 Å². The maximum Gasteiger partial charge on any atom is 0.165 e. The van der Waals surface area contributed by atoms with Crippen molar-refractivity contribution < 1.29 is 0 Å². The Kier molecular flexibility index (Phi) is 6.49. The lowest BCUT2D eigenvalue weighted by Crippen LogP contribution is -2.15. The summed E-state index contributed by atoms with van der Waals surface area (Å²) in [7, 11) is 0. The number of fused-ring (bicyclic) bond motifs is 10. The summed E-state index contributed by atoms with van der Waals surface area (Å²) in [5, 5.41) is 7.70. The van der Waals surface area contributed by atoms with Crippen molar-refractivity contribution in [1.29, 1.82) is 0 Å². The molecule has 0 aliphatic heterocycles. The summed E-state index contributed by atoms with van der Waals surface area (Å²) in [6, 6.07) is 53.4. The molecule has 0 spiro atoms. The zero-order valence-corrected chi connectivity index (χ0v) is 28.3. The van der Waals surface area contributed by atoms with E-state index in [1.54, 1.807) is 0 Å². The molecule has 240 valence electrons. The molecule has 51 heavy (non-hydrogen) atoms. The summed E-state index contributed by atoms with van der Waals surface area (Å²) in [5.74, 6) is 1.86. The number of aromatic nitrogens is 4. The molecule has 1 aliphatic carbocycles. The van der Waals surface area contributed by atoms with Crippen LogP contribution in [-0.4, -0.2) is 19.9 Å². The molecule has 9 aromatic rings. The highest BCUT2D eigenvalue weighted by Crippen LogP contribution is 2.55. The zero-order chi connectivity index (χ0) is 34.1. The Hall–Kier alpha value is -6.52. The van der Waals surface area contributed by atoms with Crippen molar-refractivity contribution in [2.45, 2.75) is 19.3 Å². The standard InChI is InChI=1S/C47H32N4/c1-47(2)39-20-12-11-19-37(39)42-36-18-10-9-17-35(36)41-34-24-22-32(27-31(34)21-25-38(41)43(42)47)40-26-23-33(28-48-40)46-50-44(29-13-5-3-6-14-29)49-45(51-46)30-15-7-4-8-16-30/h3-28H,1-2H3. The van der Waals surface area contributed by atoms with E-state index in [0.29, 0.717) is 17.5 Å². The van der Waals surface area contributed by atoms with Gasteiger partial charge in [-0.25, -0.2) is 15.0 Å². The van der Waals surface area contributed by atoms with Crippen LogP contribution in [0.1, 0.15) is 25.0 Å². The quantitative estimate of drug-likeness (QED) is 0.178. The van der Waals surface area contributed by atoms with E-state index in [1.807, 2.05) is 66.9 Å². The van der Waals surface area contributed by atoms with E-state index in [9.17, 15) is 0 Å². The van der Waals surface area contributed by atoms with Crippen molar-refractivity contribution in [3.05, 3.63) is 169 Å². The zero-order valence-electron chi connectivity index (χ0n) is 28.3. The van der Waals surface area contributed by atoms with Gasteiger partial charge < -0.3 is 0 Å². The van der Waals surface area contributed by atoms with Crippen LogP contribution in [0, 0.1) is 0 Å². The van der Waals surface area contributed by atoms with Crippen LogP contribution >= 0.6 is 0 Å². The fourth-order valence-corrected chi connectivity index (χ4v) is 8.12. The summed E-state index contributed by atoms with van der Waals surface area (Å²) < 4.78 is 0. The van der Waals surface area contributed by atoms with Crippen LogP contribution < -0.4 is 0 Å². The second-order valence-corrected chi connectivity index (χ2v) is 13.9. The number of benzene rings is 7. The number of nitrogens with zero attached hydrogens (tertiary/aromatic N) is 4. The number of hydrogen-bond donors (Lipinski definition) is 0. The van der Waals surface area contributed by atoms with Gasteiger partial charge in [-0.1, -0.05) is 147 Å². The van der Waals surface area contributed by atoms with Gasteiger partial charge in [0.05, 0.1) is 5.69 Å². The Balaban J connectivity index is 1.08. The first kappa shape index (κ1) is 29.4. The summed E-state index contributed by atoms with van der Waals surface area (Å²) in [6.45, 7) is 4.74. The van der Waals surface area contributed by atoms with Crippen LogP contribution in [-0.2, 0) is 5.41 Å². The number of rotatable bonds is 4. The van der Waals surface area contributed by atoms with E-state index in [1.165, 1.54) is 54.6 Å². The SMILES string of the molecule is CC1(C)c2ccccc2-c2c1c1ccc3cc(-c4ccc(-c5nc(-c6ccccc6)nc(-c6ccccc6)n5)cn4)ccc3c1c1ccccc21. The molecule has 0 saturated heterocycles. The first-order valence-electron chi connectivity index (χ1n) is 17.4. The Morgan fingerprint density at radius 3 is 1.73 bits per heavy atom. The molecular weight excluding hydrogens is 621 g/mol. The molecule has 0 amide bonds. The van der Waals surface area contributed by atoms with Crippen molar-refractivity contribution in [3.8, 4) is 56.5 Å². The Bertz CT molecular complexity index is 2750. The smallest absolute Gasteiger partial charge is 0.165 e. The normalized spacial score (nSPS) is 13.1. The molecule has 1 aliphatic rings. The molecule has 2 heterocycles. The van der Waals surface area contributed by atoms with E-state index in [0.717, 1.165) is 27.9 Å². The van der Waals surface area contributed by atoms with Gasteiger partial charge in [-0.2, -0.15) is 0 Å². The van der Waals surface area contributed by atoms with Crippen molar-refractivity contribution in [2.24, 2.45) is 0 Å². The fourth-order valence-electron chi connectivity index (χ4n) is 8.12. The molecule has 4 nitrogen and oxygen atoms in total. The molecule has 10 rings (SSSR count). The van der Waals surface area contributed by atoms with E-state index < -0.39 is 0 Å². The molecule has 0 radical (unpaired) electrons. The van der Waals surface area contributed by atoms with Gasteiger partial charge in [0.2, 0.25) is 0 Å². The number of pyridine rings is 1. The summed E-state index contributed by atoms with van der Waals surface area (Å²) in [6.07, 6.45) is 1.87. The third kappa shape index (κ3) is 4.60. The molecule has 7 aromatic carbocycles. The number of hydrogen-bond acceptors (Lipinski definition) is 4. The molecule has 0 saturated carbocycles. The highest BCUT2D eigenvalue weighted by atomic mass is 15.0. The van der Waals surface area contributed by atoms with Gasteiger partial charge in [-0.15, -0.1) is 0 Å². The third-order valence-corrected chi connectivity index (χ3v) is 10.5. The second-order valence-electron chi connectivity index (χ2n) is 13.9. The molecular formula is C47H32N4. The molecule has 0 N–H and O–H groups in total. The first-order valence-corrected chi connectivity index (χ1v) is 17.4. The van der Waals surface area contributed by atoms with Crippen LogP contribution in [0.4, 0.5) is 0 Å². The minimum atomic E-state index is -0.101. The topological polar surface area (TPSA) is 51.6 Å². The van der Waals surface area contributed by atoms with Crippen molar-refractivity contribution in [1.82, 2.24) is 19.9 Å². The average molecular weight is 653 g/mol. The monoisotopic (exact) mass is 652 g/mol. The van der Waals surface area contributed by atoms with Gasteiger partial charge in [-0.3, -0.25) is 4.98 Å². The molecule has 0 bridgehead atoms. The van der Waals surface area contributed by atoms with E-state index in [2.05, 4.69) is 105 Å². The van der Waals surface area contributed by atoms with Gasteiger partial charge in [0.1, 0.15) is 0 Å². The molecule has 2 aromatic heterocycles. The largest absolute Gasteiger partial charge is 0.255 e. The minimum absolute atomic E-state index is 0.101. The highest BCUT2D eigenvalue weighted by Gasteiger charge is 2.38. The van der Waals surface area contributed by atoms with Gasteiger partial charge >= 0.3 is 0 Å².